The molecule has 1 fully saturated rings. The summed E-state index contributed by atoms with van der Waals surface area (Å²) in [7, 11) is 0. The van der Waals surface area contributed by atoms with Crippen LogP contribution >= 0.6 is 23.5 Å². The highest BCUT2D eigenvalue weighted by Gasteiger charge is 2.22. The summed E-state index contributed by atoms with van der Waals surface area (Å²) in [5.41, 5.74) is 0. The van der Waals surface area contributed by atoms with E-state index >= 15 is 0 Å². The molecule has 1 saturated heterocycles. The Morgan fingerprint density at radius 2 is 2.60 bits per heavy atom. The minimum absolute atomic E-state index is 0.420. The molecule has 1 aliphatic rings. The van der Waals surface area contributed by atoms with E-state index in [0.717, 1.165) is 12.2 Å². The van der Waals surface area contributed by atoms with Gasteiger partial charge in [-0.2, -0.15) is 22.0 Å². The predicted molar refractivity (Wildman–Crippen MR) is 60.5 cm³/mol. The Balaban J connectivity index is 1.89. The van der Waals surface area contributed by atoms with E-state index in [1.54, 1.807) is 0 Å². The Kier molecular flexibility index (Phi) is 3.92. The van der Waals surface area contributed by atoms with Crippen molar-refractivity contribution in [3.8, 4) is 6.07 Å². The smallest absolute Gasteiger partial charge is 0.236 e. The minimum Gasteiger partial charge on any atom is -0.338 e. The number of rotatable bonds is 4. The molecule has 1 aliphatic heterocycles. The molecule has 0 saturated carbocycles. The zero-order chi connectivity index (χ0) is 10.5. The molecule has 80 valence electrons. The van der Waals surface area contributed by atoms with Gasteiger partial charge in [-0.25, -0.2) is 0 Å². The molecule has 0 spiro atoms. The second-order valence-corrected chi connectivity index (χ2v) is 5.50. The van der Waals surface area contributed by atoms with Gasteiger partial charge < -0.3 is 4.52 Å². The van der Waals surface area contributed by atoms with Crippen LogP contribution in [0.3, 0.4) is 0 Å². The van der Waals surface area contributed by atoms with Crippen LogP contribution in [-0.2, 0) is 5.75 Å². The fraction of sp³-hybridized carbons (Fsp3) is 0.667. The molecule has 2 heterocycles. The Bertz CT molecular complexity index is 354. The van der Waals surface area contributed by atoms with Crippen molar-refractivity contribution < 1.29 is 4.52 Å². The number of aromatic nitrogens is 2. The largest absolute Gasteiger partial charge is 0.338 e. The topological polar surface area (TPSA) is 62.7 Å². The molecule has 15 heavy (non-hydrogen) atoms. The molecule has 0 aliphatic carbocycles. The number of nitriles is 1. The van der Waals surface area contributed by atoms with Crippen LogP contribution in [-0.4, -0.2) is 21.6 Å². The van der Waals surface area contributed by atoms with Crippen molar-refractivity contribution in [1.82, 2.24) is 10.1 Å². The van der Waals surface area contributed by atoms with Crippen LogP contribution in [0.5, 0.6) is 0 Å². The van der Waals surface area contributed by atoms with E-state index in [4.69, 9.17) is 9.78 Å². The number of thioether (sulfide) groups is 2. The number of nitrogens with zero attached hydrogens (tertiary/aromatic N) is 3. The van der Waals surface area contributed by atoms with E-state index in [-0.39, 0.29) is 0 Å². The quantitative estimate of drug-likeness (QED) is 0.754. The van der Waals surface area contributed by atoms with Gasteiger partial charge in [0.1, 0.15) is 0 Å². The van der Waals surface area contributed by atoms with Crippen LogP contribution < -0.4 is 0 Å². The Morgan fingerprint density at radius 3 is 3.33 bits per heavy atom. The van der Waals surface area contributed by atoms with Crippen LogP contribution in [0.4, 0.5) is 0 Å². The molecular weight excluding hydrogens is 230 g/mol. The van der Waals surface area contributed by atoms with Crippen LogP contribution in [0.2, 0.25) is 0 Å². The van der Waals surface area contributed by atoms with E-state index in [1.807, 2.05) is 11.8 Å². The molecule has 0 radical (unpaired) electrons. The average Bonchev–Trinajstić information content (AvgIpc) is 2.87. The van der Waals surface area contributed by atoms with E-state index in [2.05, 4.69) is 16.2 Å². The molecule has 1 aromatic heterocycles. The van der Waals surface area contributed by atoms with Gasteiger partial charge in [0.15, 0.2) is 5.82 Å². The highest BCUT2D eigenvalue weighted by molar-refractivity contribution is 7.99. The predicted octanol–water partition coefficient (Wildman–Crippen LogP) is 2.39. The maximum atomic E-state index is 8.38. The van der Waals surface area contributed by atoms with Gasteiger partial charge in [-0.1, -0.05) is 5.16 Å². The standard InChI is InChI=1S/C9H11N3OS2/c10-3-5-14-6-8-11-9(12-13-8)7-2-1-4-15-7/h7H,1-2,4-6H2. The summed E-state index contributed by atoms with van der Waals surface area (Å²) in [5.74, 6) is 3.76. The maximum absolute atomic E-state index is 8.38. The second-order valence-electron chi connectivity index (χ2n) is 3.20. The first-order chi connectivity index (χ1) is 7.40. The van der Waals surface area contributed by atoms with Crippen molar-refractivity contribution in [3.05, 3.63) is 11.7 Å². The molecule has 2 rings (SSSR count). The van der Waals surface area contributed by atoms with Crippen molar-refractivity contribution in [1.29, 1.82) is 5.26 Å². The van der Waals surface area contributed by atoms with E-state index in [9.17, 15) is 0 Å². The van der Waals surface area contributed by atoms with E-state index < -0.39 is 0 Å². The summed E-state index contributed by atoms with van der Waals surface area (Å²) in [5, 5.41) is 12.8. The molecule has 1 unspecified atom stereocenters. The third-order valence-corrected chi connectivity index (χ3v) is 4.25. The van der Waals surface area contributed by atoms with Gasteiger partial charge in [0.2, 0.25) is 5.89 Å². The SMILES string of the molecule is N#CCSCc1nc(C2CCCS2)no1. The zero-order valence-electron chi connectivity index (χ0n) is 8.18. The summed E-state index contributed by atoms with van der Waals surface area (Å²) in [6, 6.07) is 2.07. The number of hydrogen-bond donors (Lipinski definition) is 0. The fourth-order valence-corrected chi connectivity index (χ4v) is 3.10. The summed E-state index contributed by atoms with van der Waals surface area (Å²) >= 11 is 3.39. The van der Waals surface area contributed by atoms with Gasteiger partial charge in [-0.15, -0.1) is 11.8 Å². The van der Waals surface area contributed by atoms with Crippen LogP contribution in [0, 0.1) is 11.3 Å². The van der Waals surface area contributed by atoms with Gasteiger partial charge in [0.05, 0.1) is 22.8 Å². The summed E-state index contributed by atoms with van der Waals surface area (Å²) in [6.45, 7) is 0. The number of hydrogen-bond acceptors (Lipinski definition) is 6. The highest BCUT2D eigenvalue weighted by Crippen LogP contribution is 2.38. The van der Waals surface area contributed by atoms with E-state index in [0.29, 0.717) is 22.6 Å². The molecule has 6 heteroatoms. The van der Waals surface area contributed by atoms with Crippen molar-refractivity contribution in [2.24, 2.45) is 0 Å². The monoisotopic (exact) mass is 241 g/mol. The lowest BCUT2D eigenvalue weighted by Crippen LogP contribution is -1.91. The maximum Gasteiger partial charge on any atom is 0.236 e. The van der Waals surface area contributed by atoms with Gasteiger partial charge in [-0.3, -0.25) is 0 Å². The Hall–Kier alpha value is -0.670. The second kappa shape index (κ2) is 5.42. The molecule has 0 amide bonds. The normalized spacial score (nSPS) is 20.3. The van der Waals surface area contributed by atoms with Crippen LogP contribution in [0.15, 0.2) is 4.52 Å². The highest BCUT2D eigenvalue weighted by atomic mass is 32.2. The van der Waals surface area contributed by atoms with Crippen LogP contribution in [0.1, 0.15) is 29.8 Å². The van der Waals surface area contributed by atoms with E-state index in [1.165, 1.54) is 23.9 Å². The summed E-state index contributed by atoms with van der Waals surface area (Å²) < 4.78 is 5.12. The molecule has 4 nitrogen and oxygen atoms in total. The Labute approximate surface area is 96.8 Å². The third-order valence-electron chi connectivity index (χ3n) is 2.09. The summed E-state index contributed by atoms with van der Waals surface area (Å²) in [6.07, 6.45) is 2.39. The van der Waals surface area contributed by atoms with Crippen LogP contribution in [0.25, 0.3) is 0 Å². The minimum atomic E-state index is 0.420. The first-order valence-corrected chi connectivity index (χ1v) is 6.99. The molecular formula is C9H11N3OS2. The van der Waals surface area contributed by atoms with Gasteiger partial charge in [0.25, 0.3) is 0 Å². The molecule has 0 aromatic carbocycles. The van der Waals surface area contributed by atoms with Gasteiger partial charge >= 0.3 is 0 Å². The fourth-order valence-electron chi connectivity index (χ4n) is 1.42. The summed E-state index contributed by atoms with van der Waals surface area (Å²) in [4.78, 5) is 4.34. The lowest BCUT2D eigenvalue weighted by molar-refractivity contribution is 0.384. The Morgan fingerprint density at radius 1 is 1.67 bits per heavy atom. The van der Waals surface area contributed by atoms with Crippen molar-refractivity contribution in [2.75, 3.05) is 11.5 Å². The molecule has 0 N–H and O–H groups in total. The lowest BCUT2D eigenvalue weighted by atomic mass is 10.2. The average molecular weight is 241 g/mol. The van der Waals surface area contributed by atoms with Gasteiger partial charge in [-0.05, 0) is 18.6 Å². The first-order valence-electron chi connectivity index (χ1n) is 4.79. The third kappa shape index (κ3) is 2.89. The zero-order valence-corrected chi connectivity index (χ0v) is 9.81. The lowest BCUT2D eigenvalue weighted by Gasteiger charge is -1.98. The van der Waals surface area contributed by atoms with Crippen molar-refractivity contribution >= 4 is 23.5 Å². The van der Waals surface area contributed by atoms with Crippen molar-refractivity contribution in [2.45, 2.75) is 23.8 Å². The molecule has 1 aromatic rings. The van der Waals surface area contributed by atoms with Gasteiger partial charge in [0, 0.05) is 0 Å². The van der Waals surface area contributed by atoms with Crippen molar-refractivity contribution in [3.63, 3.8) is 0 Å². The molecule has 0 bridgehead atoms. The molecule has 1 atom stereocenters. The first kappa shape index (κ1) is 10.8.